The number of hydrogen-bond acceptors (Lipinski definition) is 0. The molecule has 0 saturated heterocycles. The molecule has 0 aliphatic heterocycles. The van der Waals surface area contributed by atoms with Crippen LogP contribution in [0.1, 0.15) is 2.85 Å². The van der Waals surface area contributed by atoms with Crippen LogP contribution in [0.3, 0.4) is 0 Å². The van der Waals surface area contributed by atoms with Gasteiger partial charge in [0.15, 0.2) is 0 Å². The van der Waals surface area contributed by atoms with Gasteiger partial charge in [-0.05, 0) is 0 Å². The van der Waals surface area contributed by atoms with Crippen LogP contribution in [0.5, 0.6) is 0 Å². The maximum Gasteiger partial charge on any atom is 2.00 e. The Morgan fingerprint density at radius 3 is 1.25 bits per heavy atom. The Bertz CT molecular complexity index is 13.5. The van der Waals surface area contributed by atoms with E-state index in [0.717, 1.165) is 0 Å². The zero-order valence-corrected chi connectivity index (χ0v) is 10.3. The number of hydrogen-bond donors (Lipinski definition) is 0. The van der Waals surface area contributed by atoms with Gasteiger partial charge < -0.3 is 2.85 Å². The minimum atomic E-state index is 0. The molecule has 0 bridgehead atoms. The van der Waals surface area contributed by atoms with Crippen molar-refractivity contribution in [2.45, 2.75) is 0 Å². The summed E-state index contributed by atoms with van der Waals surface area (Å²) in [7, 11) is 0. The van der Waals surface area contributed by atoms with Crippen LogP contribution < -0.4 is 0 Å². The van der Waals surface area contributed by atoms with E-state index in [0.29, 0.717) is 0 Å². The molecule has 2 radical (unpaired) electrons. The predicted molar refractivity (Wildman–Crippen MR) is 7.98 cm³/mol. The van der Waals surface area contributed by atoms with Gasteiger partial charge in [-0.25, -0.2) is 0 Å². The second kappa shape index (κ2) is 16.9. The van der Waals surface area contributed by atoms with Crippen molar-refractivity contribution < 1.29 is 66.7 Å². The molecule has 0 fully saturated rings. The largest absolute Gasteiger partial charge is 2.00 e. The molecule has 0 spiro atoms. The zero-order valence-electron chi connectivity index (χ0n) is 3.94. The van der Waals surface area contributed by atoms with Gasteiger partial charge in [-0.1, -0.05) is 0 Å². The fourth-order valence-corrected chi connectivity index (χ4v) is 0. The van der Waals surface area contributed by atoms with Crippen LogP contribution in [-0.2, 0) is 63.9 Å². The summed E-state index contributed by atoms with van der Waals surface area (Å²) in [6.45, 7) is 0. The Morgan fingerprint density at radius 2 is 1.25 bits per heavy atom. The van der Waals surface area contributed by atoms with Gasteiger partial charge in [-0.3, -0.25) is 0 Å². The SMILES string of the molecule is [H-].[H-].[Mg+2].[Mo].[Nb].[Re]. The molecule has 22 valence electrons. The fraction of sp³-hybridized carbons (Fsp3) is 0. The van der Waals surface area contributed by atoms with Crippen LogP contribution in [0.15, 0.2) is 0 Å². The van der Waals surface area contributed by atoms with Crippen LogP contribution in [0, 0.1) is 0 Å². The van der Waals surface area contributed by atoms with Crippen molar-refractivity contribution >= 4 is 23.1 Å². The summed E-state index contributed by atoms with van der Waals surface area (Å²) < 4.78 is 0. The van der Waals surface area contributed by atoms with E-state index in [1.807, 2.05) is 0 Å². The van der Waals surface area contributed by atoms with Gasteiger partial charge in [0.1, 0.15) is 0 Å². The molecule has 4 heteroatoms. The van der Waals surface area contributed by atoms with E-state index < -0.39 is 0 Å². The van der Waals surface area contributed by atoms with Crippen LogP contribution in [0.25, 0.3) is 0 Å². The van der Waals surface area contributed by atoms with Gasteiger partial charge in [0.25, 0.3) is 0 Å². The molecule has 0 aliphatic carbocycles. The summed E-state index contributed by atoms with van der Waals surface area (Å²) in [4.78, 5) is 0. The molecule has 0 nitrogen and oxygen atoms in total. The molecule has 0 heterocycles. The first-order valence-corrected chi connectivity index (χ1v) is 0. The average Bonchev–Trinajstić information content (AvgIpc) is 0. The first-order valence-electron chi connectivity index (χ1n) is 0. The summed E-state index contributed by atoms with van der Waals surface area (Å²) >= 11 is 0. The molecule has 0 atom stereocenters. The summed E-state index contributed by atoms with van der Waals surface area (Å²) in [6, 6.07) is 0. The van der Waals surface area contributed by atoms with Gasteiger partial charge in [0.05, 0.1) is 0 Å². The zero-order chi connectivity index (χ0) is 0. The van der Waals surface area contributed by atoms with Gasteiger partial charge in [-0.15, -0.1) is 0 Å². The van der Waals surface area contributed by atoms with Crippen molar-refractivity contribution in [2.24, 2.45) is 0 Å². The van der Waals surface area contributed by atoms with E-state index in [4.69, 9.17) is 0 Å². The average molecular weight is 401 g/mol. The minimum absolute atomic E-state index is 0. The standard InChI is InChI=1S/Mg.Mo.Nb.Re.2H/q+2;;;;2*-1. The molecular formula is H2MgMoNbRe. The van der Waals surface area contributed by atoms with Crippen molar-refractivity contribution in [1.29, 1.82) is 0 Å². The Hall–Kier alpha value is 2.86. The molecule has 0 amide bonds. The van der Waals surface area contributed by atoms with Crippen molar-refractivity contribution in [3.05, 3.63) is 0 Å². The summed E-state index contributed by atoms with van der Waals surface area (Å²) in [6.07, 6.45) is 0. The van der Waals surface area contributed by atoms with E-state index in [1.54, 1.807) is 0 Å². The van der Waals surface area contributed by atoms with Crippen LogP contribution >= 0.6 is 0 Å². The summed E-state index contributed by atoms with van der Waals surface area (Å²) in [5, 5.41) is 0. The molecule has 0 saturated carbocycles. The number of rotatable bonds is 0. The third-order valence-corrected chi connectivity index (χ3v) is 0. The Morgan fingerprint density at radius 1 is 1.25 bits per heavy atom. The van der Waals surface area contributed by atoms with E-state index >= 15 is 0 Å². The summed E-state index contributed by atoms with van der Waals surface area (Å²) in [5.41, 5.74) is 0. The van der Waals surface area contributed by atoms with Gasteiger partial charge in [0.2, 0.25) is 0 Å². The molecule has 0 unspecified atom stereocenters. The first-order chi connectivity index (χ1) is 0. The van der Waals surface area contributed by atoms with Crippen molar-refractivity contribution in [3.8, 4) is 0 Å². The maximum absolute atomic E-state index is 0. The van der Waals surface area contributed by atoms with E-state index in [-0.39, 0.29) is 89.8 Å². The van der Waals surface area contributed by atoms with Crippen LogP contribution in [0.2, 0.25) is 0 Å². The Kier molecular flexibility index (Phi) is 122. The van der Waals surface area contributed by atoms with E-state index in [9.17, 15) is 0 Å². The third kappa shape index (κ3) is 8.85. The Labute approximate surface area is 88.4 Å². The van der Waals surface area contributed by atoms with Crippen molar-refractivity contribution in [3.63, 3.8) is 0 Å². The smallest absolute Gasteiger partial charge is 1.00 e. The summed E-state index contributed by atoms with van der Waals surface area (Å²) in [5.74, 6) is 0. The second-order valence-electron chi connectivity index (χ2n) is 0. The molecular weight excluding hydrogens is 399 g/mol. The quantitative estimate of drug-likeness (QED) is 0.495. The third-order valence-electron chi connectivity index (χ3n) is 0. The van der Waals surface area contributed by atoms with Gasteiger partial charge in [-0.2, -0.15) is 0 Å². The molecule has 0 aromatic rings. The topological polar surface area (TPSA) is 0 Å². The second-order valence-corrected chi connectivity index (χ2v) is 0. The monoisotopic (exact) mass is 404 g/mol. The molecule has 0 N–H and O–H groups in total. The minimum Gasteiger partial charge on any atom is -1.00 e. The van der Waals surface area contributed by atoms with E-state index in [1.165, 1.54) is 0 Å². The molecule has 4 heavy (non-hydrogen) atoms. The molecule has 0 aliphatic rings. The Balaban J connectivity index is 0. The molecule has 0 rings (SSSR count). The first kappa shape index (κ1) is 28.8. The van der Waals surface area contributed by atoms with E-state index in [2.05, 4.69) is 0 Å². The van der Waals surface area contributed by atoms with Gasteiger partial charge in [0, 0.05) is 63.9 Å². The molecule has 0 aromatic carbocycles. The van der Waals surface area contributed by atoms with Crippen LogP contribution in [-0.4, -0.2) is 23.1 Å². The van der Waals surface area contributed by atoms with Crippen molar-refractivity contribution in [2.75, 3.05) is 0 Å². The fourth-order valence-electron chi connectivity index (χ4n) is 0. The molecule has 0 aromatic heterocycles. The van der Waals surface area contributed by atoms with Crippen LogP contribution in [0.4, 0.5) is 0 Å². The van der Waals surface area contributed by atoms with Gasteiger partial charge >= 0.3 is 23.1 Å². The van der Waals surface area contributed by atoms with Crippen molar-refractivity contribution in [1.82, 2.24) is 0 Å². The normalized spacial score (nSPS) is 0. The predicted octanol–water partition coefficient (Wildman–Crippen LogP) is -0.163. The maximum atomic E-state index is 0.